The minimum absolute atomic E-state index is 1.08. The standard InChI is InChI=1S/C44H34N2/c1-4-10-40(11-5-1)45-41-28-22-34(23-29-41)16-18-36-20-26-39-33-37(21-27-38(39)32-36)19-17-35-24-30-44(31-25-35)46(42-12-6-2-7-13-42)43-14-8-3-9-15-43/h1-33,45H/b18-16+,19-17+. The van der Waals surface area contributed by atoms with Gasteiger partial charge in [0.1, 0.15) is 0 Å². The van der Waals surface area contributed by atoms with Crippen LogP contribution in [0.15, 0.2) is 176 Å². The van der Waals surface area contributed by atoms with Crippen LogP contribution in [0.3, 0.4) is 0 Å². The Bertz CT molecular complexity index is 2040. The third-order valence-corrected chi connectivity index (χ3v) is 7.98. The monoisotopic (exact) mass is 590 g/mol. The Hall–Kier alpha value is -6.12. The highest BCUT2D eigenvalue weighted by Gasteiger charge is 2.11. The zero-order valence-corrected chi connectivity index (χ0v) is 25.5. The van der Waals surface area contributed by atoms with Gasteiger partial charge in [0, 0.05) is 28.4 Å². The molecule has 46 heavy (non-hydrogen) atoms. The molecule has 0 heterocycles. The molecule has 0 saturated heterocycles. The SMILES string of the molecule is C(=C\c1ccc2cc(/C=C/c3ccc(N(c4ccccc4)c4ccccc4)cc3)ccc2c1)/c1ccc(Nc2ccccc2)cc1. The van der Waals surface area contributed by atoms with Gasteiger partial charge in [0.25, 0.3) is 0 Å². The summed E-state index contributed by atoms with van der Waals surface area (Å²) in [5.74, 6) is 0. The second kappa shape index (κ2) is 13.7. The number of rotatable bonds is 9. The van der Waals surface area contributed by atoms with Crippen LogP contribution in [0, 0.1) is 0 Å². The third-order valence-electron chi connectivity index (χ3n) is 7.98. The Morgan fingerprint density at radius 3 is 1.20 bits per heavy atom. The summed E-state index contributed by atoms with van der Waals surface area (Å²) in [5, 5.41) is 5.89. The zero-order valence-electron chi connectivity index (χ0n) is 25.5. The van der Waals surface area contributed by atoms with Crippen molar-refractivity contribution < 1.29 is 0 Å². The predicted molar refractivity (Wildman–Crippen MR) is 199 cm³/mol. The van der Waals surface area contributed by atoms with Crippen molar-refractivity contribution in [3.63, 3.8) is 0 Å². The van der Waals surface area contributed by atoms with Crippen molar-refractivity contribution >= 4 is 63.5 Å². The summed E-state index contributed by atoms with van der Waals surface area (Å²) < 4.78 is 0. The first-order chi connectivity index (χ1) is 22.8. The Morgan fingerprint density at radius 1 is 0.326 bits per heavy atom. The van der Waals surface area contributed by atoms with Crippen molar-refractivity contribution in [1.82, 2.24) is 0 Å². The van der Waals surface area contributed by atoms with Gasteiger partial charge in [-0.15, -0.1) is 0 Å². The molecule has 2 heteroatoms. The number of anilines is 5. The van der Waals surface area contributed by atoms with E-state index in [-0.39, 0.29) is 0 Å². The van der Waals surface area contributed by atoms with Crippen LogP contribution in [0.5, 0.6) is 0 Å². The third kappa shape index (κ3) is 6.99. The minimum atomic E-state index is 1.08. The second-order valence-electron chi connectivity index (χ2n) is 11.2. The van der Waals surface area contributed by atoms with Crippen LogP contribution in [0.1, 0.15) is 22.3 Å². The maximum atomic E-state index is 3.43. The first-order valence-electron chi connectivity index (χ1n) is 15.6. The highest BCUT2D eigenvalue weighted by atomic mass is 15.1. The van der Waals surface area contributed by atoms with Crippen LogP contribution in [0.25, 0.3) is 35.1 Å². The molecule has 0 aliphatic rings. The van der Waals surface area contributed by atoms with E-state index in [1.54, 1.807) is 0 Å². The molecule has 7 aromatic carbocycles. The van der Waals surface area contributed by atoms with Crippen molar-refractivity contribution in [3.05, 3.63) is 198 Å². The van der Waals surface area contributed by atoms with Gasteiger partial charge < -0.3 is 10.2 Å². The molecule has 220 valence electrons. The lowest BCUT2D eigenvalue weighted by molar-refractivity contribution is 1.28. The summed E-state index contributed by atoms with van der Waals surface area (Å²) in [6, 6.07) is 61.7. The first-order valence-corrected chi connectivity index (χ1v) is 15.6. The van der Waals surface area contributed by atoms with Gasteiger partial charge >= 0.3 is 0 Å². The second-order valence-corrected chi connectivity index (χ2v) is 11.2. The summed E-state index contributed by atoms with van der Waals surface area (Å²) in [5.41, 5.74) is 10.3. The fraction of sp³-hybridized carbons (Fsp3) is 0. The fourth-order valence-electron chi connectivity index (χ4n) is 5.58. The van der Waals surface area contributed by atoms with Crippen molar-refractivity contribution in [1.29, 1.82) is 0 Å². The molecule has 7 rings (SSSR count). The number of hydrogen-bond donors (Lipinski definition) is 1. The quantitative estimate of drug-likeness (QED) is 0.168. The van der Waals surface area contributed by atoms with E-state index in [2.05, 4.69) is 192 Å². The average molecular weight is 591 g/mol. The van der Waals surface area contributed by atoms with Gasteiger partial charge in [-0.3, -0.25) is 0 Å². The minimum Gasteiger partial charge on any atom is -0.356 e. The fourth-order valence-corrected chi connectivity index (χ4v) is 5.58. The Balaban J connectivity index is 1.02. The van der Waals surface area contributed by atoms with Crippen LogP contribution >= 0.6 is 0 Å². The maximum absolute atomic E-state index is 3.43. The van der Waals surface area contributed by atoms with E-state index >= 15 is 0 Å². The first kappa shape index (κ1) is 28.6. The highest BCUT2D eigenvalue weighted by molar-refractivity contribution is 5.89. The topological polar surface area (TPSA) is 15.3 Å². The van der Waals surface area contributed by atoms with Crippen LogP contribution in [-0.4, -0.2) is 0 Å². The lowest BCUT2D eigenvalue weighted by Crippen LogP contribution is -2.09. The van der Waals surface area contributed by atoms with E-state index in [4.69, 9.17) is 0 Å². The molecule has 0 amide bonds. The van der Waals surface area contributed by atoms with Gasteiger partial charge in [-0.05, 0) is 106 Å². The number of benzene rings is 7. The smallest absolute Gasteiger partial charge is 0.0462 e. The molecule has 7 aromatic rings. The maximum Gasteiger partial charge on any atom is 0.0462 e. The molecular formula is C44H34N2. The lowest BCUT2D eigenvalue weighted by Gasteiger charge is -2.25. The molecule has 0 fully saturated rings. The summed E-state index contributed by atoms with van der Waals surface area (Å²) in [4.78, 5) is 2.28. The van der Waals surface area contributed by atoms with E-state index in [9.17, 15) is 0 Å². The molecule has 0 aliphatic heterocycles. The molecule has 0 radical (unpaired) electrons. The van der Waals surface area contributed by atoms with Gasteiger partial charge in [0.05, 0.1) is 0 Å². The molecule has 1 N–H and O–H groups in total. The van der Waals surface area contributed by atoms with Crippen LogP contribution in [-0.2, 0) is 0 Å². The molecule has 0 saturated carbocycles. The van der Waals surface area contributed by atoms with Gasteiger partial charge in [-0.2, -0.15) is 0 Å². The zero-order chi connectivity index (χ0) is 31.0. The summed E-state index contributed by atoms with van der Waals surface area (Å²) in [6.45, 7) is 0. The molecule has 0 aromatic heterocycles. The largest absolute Gasteiger partial charge is 0.356 e. The number of nitrogens with zero attached hydrogens (tertiary/aromatic N) is 1. The lowest BCUT2D eigenvalue weighted by atomic mass is 10.0. The van der Waals surface area contributed by atoms with Gasteiger partial charge in [0.15, 0.2) is 0 Å². The highest BCUT2D eigenvalue weighted by Crippen LogP contribution is 2.34. The summed E-state index contributed by atoms with van der Waals surface area (Å²) in [7, 11) is 0. The van der Waals surface area contributed by atoms with Gasteiger partial charge in [-0.25, -0.2) is 0 Å². The van der Waals surface area contributed by atoms with Crippen molar-refractivity contribution in [2.45, 2.75) is 0 Å². The van der Waals surface area contributed by atoms with Gasteiger partial charge in [0.2, 0.25) is 0 Å². The molecular weight excluding hydrogens is 556 g/mol. The van der Waals surface area contributed by atoms with Crippen LogP contribution < -0.4 is 10.2 Å². The number of nitrogens with one attached hydrogen (secondary N) is 1. The molecule has 2 nitrogen and oxygen atoms in total. The van der Waals surface area contributed by atoms with Crippen molar-refractivity contribution in [3.8, 4) is 0 Å². The van der Waals surface area contributed by atoms with Crippen molar-refractivity contribution in [2.24, 2.45) is 0 Å². The van der Waals surface area contributed by atoms with E-state index < -0.39 is 0 Å². The normalized spacial score (nSPS) is 11.3. The number of para-hydroxylation sites is 3. The summed E-state index contributed by atoms with van der Waals surface area (Å²) >= 11 is 0. The molecule has 0 atom stereocenters. The molecule has 0 spiro atoms. The van der Waals surface area contributed by atoms with E-state index in [0.29, 0.717) is 0 Å². The number of hydrogen-bond acceptors (Lipinski definition) is 2. The van der Waals surface area contributed by atoms with E-state index in [1.807, 2.05) is 18.2 Å². The molecule has 0 unspecified atom stereocenters. The number of fused-ring (bicyclic) bond motifs is 1. The summed E-state index contributed by atoms with van der Waals surface area (Å²) in [6.07, 6.45) is 8.70. The van der Waals surface area contributed by atoms with Gasteiger partial charge in [-0.1, -0.05) is 127 Å². The predicted octanol–water partition coefficient (Wildman–Crippen LogP) is 12.4. The molecule has 0 aliphatic carbocycles. The average Bonchev–Trinajstić information content (AvgIpc) is 3.12. The van der Waals surface area contributed by atoms with E-state index in [0.717, 1.165) is 34.0 Å². The Morgan fingerprint density at radius 2 is 0.696 bits per heavy atom. The van der Waals surface area contributed by atoms with Crippen molar-refractivity contribution in [2.75, 3.05) is 10.2 Å². The molecule has 0 bridgehead atoms. The van der Waals surface area contributed by atoms with Crippen LogP contribution in [0.4, 0.5) is 28.4 Å². The van der Waals surface area contributed by atoms with E-state index in [1.165, 1.54) is 27.5 Å². The Kier molecular flexibility index (Phi) is 8.51. The Labute approximate surface area is 271 Å². The van der Waals surface area contributed by atoms with Crippen LogP contribution in [0.2, 0.25) is 0 Å².